The van der Waals surface area contributed by atoms with Crippen LogP contribution in [0.2, 0.25) is 5.02 Å². The first-order chi connectivity index (χ1) is 11.5. The Morgan fingerprint density at radius 3 is 2.58 bits per heavy atom. The fraction of sp³-hybridized carbons (Fsp3) is 0.278. The van der Waals surface area contributed by atoms with Gasteiger partial charge in [0, 0.05) is 35.8 Å². The lowest BCUT2D eigenvalue weighted by Crippen LogP contribution is -2.28. The first kappa shape index (κ1) is 18.1. The lowest BCUT2D eigenvalue weighted by Gasteiger charge is -2.20. The van der Waals surface area contributed by atoms with E-state index in [1.165, 1.54) is 17.0 Å². The number of hydrogen-bond acceptors (Lipinski definition) is 3. The maximum absolute atomic E-state index is 13.8. The van der Waals surface area contributed by atoms with Gasteiger partial charge >= 0.3 is 0 Å². The van der Waals surface area contributed by atoms with Gasteiger partial charge in [0.1, 0.15) is 17.3 Å². The van der Waals surface area contributed by atoms with E-state index in [9.17, 15) is 9.18 Å². The highest BCUT2D eigenvalue weighted by atomic mass is 35.5. The van der Waals surface area contributed by atoms with E-state index in [0.717, 1.165) is 5.56 Å². The van der Waals surface area contributed by atoms with Gasteiger partial charge in [-0.05, 0) is 24.3 Å². The summed E-state index contributed by atoms with van der Waals surface area (Å²) in [5, 5.41) is 0.249. The number of carbonyl (C=O) groups excluding carboxylic acids is 1. The second-order valence-electron chi connectivity index (χ2n) is 5.30. The van der Waals surface area contributed by atoms with E-state index in [2.05, 4.69) is 0 Å². The molecule has 24 heavy (non-hydrogen) atoms. The van der Waals surface area contributed by atoms with E-state index in [1.54, 1.807) is 39.5 Å². The standard InChI is InChI=1S/C18H19ClFNO3/c1-21(11-12-7-8-13(23-2)9-17(12)24-3)18(22)10-14-15(19)5-4-6-16(14)20/h4-9H,10-11H2,1-3H3. The van der Waals surface area contributed by atoms with Crippen LogP contribution in [-0.4, -0.2) is 32.1 Å². The molecule has 2 aromatic rings. The summed E-state index contributed by atoms with van der Waals surface area (Å²) in [6, 6.07) is 9.75. The number of methoxy groups -OCH3 is 2. The average molecular weight is 352 g/mol. The molecule has 0 heterocycles. The third-order valence-electron chi connectivity index (χ3n) is 3.72. The first-order valence-electron chi connectivity index (χ1n) is 7.34. The van der Waals surface area contributed by atoms with Crippen molar-refractivity contribution in [1.82, 2.24) is 4.90 Å². The molecule has 4 nitrogen and oxygen atoms in total. The van der Waals surface area contributed by atoms with Crippen LogP contribution in [-0.2, 0) is 17.8 Å². The Bertz CT molecular complexity index is 716. The smallest absolute Gasteiger partial charge is 0.227 e. The van der Waals surface area contributed by atoms with Gasteiger partial charge in [0.25, 0.3) is 0 Å². The van der Waals surface area contributed by atoms with Gasteiger partial charge < -0.3 is 14.4 Å². The predicted octanol–water partition coefficient (Wildman–Crippen LogP) is 3.70. The molecule has 0 spiro atoms. The molecule has 0 bridgehead atoms. The zero-order valence-electron chi connectivity index (χ0n) is 13.8. The molecule has 0 aliphatic carbocycles. The molecule has 0 radical (unpaired) electrons. The first-order valence-corrected chi connectivity index (χ1v) is 7.71. The molecule has 6 heteroatoms. The van der Waals surface area contributed by atoms with Crippen molar-refractivity contribution in [1.29, 1.82) is 0 Å². The minimum atomic E-state index is -0.480. The number of amides is 1. The second-order valence-corrected chi connectivity index (χ2v) is 5.71. The van der Waals surface area contributed by atoms with Crippen LogP contribution in [0.4, 0.5) is 4.39 Å². The van der Waals surface area contributed by atoms with Gasteiger partial charge in [-0.25, -0.2) is 4.39 Å². The van der Waals surface area contributed by atoms with Gasteiger partial charge in [0.05, 0.1) is 20.6 Å². The number of likely N-dealkylation sites (N-methyl/N-ethyl adjacent to an activating group) is 1. The van der Waals surface area contributed by atoms with Gasteiger partial charge in [-0.3, -0.25) is 4.79 Å². The highest BCUT2D eigenvalue weighted by Crippen LogP contribution is 2.26. The van der Waals surface area contributed by atoms with Crippen LogP contribution in [0.1, 0.15) is 11.1 Å². The van der Waals surface area contributed by atoms with Crippen molar-refractivity contribution in [2.45, 2.75) is 13.0 Å². The second kappa shape index (κ2) is 8.02. The summed E-state index contributed by atoms with van der Waals surface area (Å²) in [4.78, 5) is 13.9. The van der Waals surface area contributed by atoms with Crippen LogP contribution >= 0.6 is 11.6 Å². The Kier molecular flexibility index (Phi) is 6.04. The number of carbonyl (C=O) groups is 1. The molecular formula is C18H19ClFNO3. The van der Waals surface area contributed by atoms with Crippen molar-refractivity contribution < 1.29 is 18.7 Å². The van der Waals surface area contributed by atoms with Crippen LogP contribution in [0.15, 0.2) is 36.4 Å². The predicted molar refractivity (Wildman–Crippen MR) is 91.1 cm³/mol. The Balaban J connectivity index is 2.12. The van der Waals surface area contributed by atoms with Crippen LogP contribution < -0.4 is 9.47 Å². The monoisotopic (exact) mass is 351 g/mol. The number of ether oxygens (including phenoxy) is 2. The maximum atomic E-state index is 13.8. The molecule has 0 aliphatic heterocycles. The Labute approximate surface area is 145 Å². The lowest BCUT2D eigenvalue weighted by molar-refractivity contribution is -0.129. The molecular weight excluding hydrogens is 333 g/mol. The summed E-state index contributed by atoms with van der Waals surface area (Å²) in [5.41, 5.74) is 1.03. The molecule has 0 atom stereocenters. The fourth-order valence-electron chi connectivity index (χ4n) is 2.31. The topological polar surface area (TPSA) is 38.8 Å². The van der Waals surface area contributed by atoms with Crippen molar-refractivity contribution in [3.63, 3.8) is 0 Å². The largest absolute Gasteiger partial charge is 0.497 e. The SMILES string of the molecule is COc1ccc(CN(C)C(=O)Cc2c(F)cccc2Cl)c(OC)c1. The number of rotatable bonds is 6. The molecule has 128 valence electrons. The van der Waals surface area contributed by atoms with E-state index >= 15 is 0 Å². The third kappa shape index (κ3) is 4.17. The van der Waals surface area contributed by atoms with E-state index in [4.69, 9.17) is 21.1 Å². The number of halogens is 2. The fourth-order valence-corrected chi connectivity index (χ4v) is 2.54. The van der Waals surface area contributed by atoms with Crippen molar-refractivity contribution in [2.24, 2.45) is 0 Å². The van der Waals surface area contributed by atoms with Gasteiger partial charge in [-0.1, -0.05) is 17.7 Å². The van der Waals surface area contributed by atoms with Gasteiger partial charge in [0.15, 0.2) is 0 Å². The maximum Gasteiger partial charge on any atom is 0.227 e. The molecule has 1 amide bonds. The Morgan fingerprint density at radius 2 is 1.96 bits per heavy atom. The van der Waals surface area contributed by atoms with Crippen molar-refractivity contribution in [3.05, 3.63) is 58.4 Å². The minimum Gasteiger partial charge on any atom is -0.497 e. The molecule has 2 rings (SSSR count). The minimum absolute atomic E-state index is 0.0967. The third-order valence-corrected chi connectivity index (χ3v) is 4.07. The number of benzene rings is 2. The molecule has 0 fully saturated rings. The highest BCUT2D eigenvalue weighted by molar-refractivity contribution is 6.31. The van der Waals surface area contributed by atoms with Crippen molar-refractivity contribution in [3.8, 4) is 11.5 Å². The molecule has 0 aromatic heterocycles. The van der Waals surface area contributed by atoms with Crippen molar-refractivity contribution >= 4 is 17.5 Å². The lowest BCUT2D eigenvalue weighted by atomic mass is 10.1. The summed E-state index contributed by atoms with van der Waals surface area (Å²) in [5.74, 6) is 0.576. The zero-order valence-corrected chi connectivity index (χ0v) is 14.6. The summed E-state index contributed by atoms with van der Waals surface area (Å²) in [6.07, 6.45) is -0.0967. The van der Waals surface area contributed by atoms with Crippen LogP contribution in [0.25, 0.3) is 0 Å². The molecule has 0 saturated heterocycles. The zero-order chi connectivity index (χ0) is 17.7. The highest BCUT2D eigenvalue weighted by Gasteiger charge is 2.17. The molecule has 0 aliphatic rings. The number of nitrogens with zero attached hydrogens (tertiary/aromatic N) is 1. The normalized spacial score (nSPS) is 10.4. The van der Waals surface area contributed by atoms with Crippen LogP contribution in [0.5, 0.6) is 11.5 Å². The molecule has 2 aromatic carbocycles. The molecule has 0 unspecified atom stereocenters. The summed E-state index contributed by atoms with van der Waals surface area (Å²) in [6.45, 7) is 0.331. The quantitative estimate of drug-likeness (QED) is 0.796. The van der Waals surface area contributed by atoms with E-state index < -0.39 is 5.82 Å². The van der Waals surface area contributed by atoms with E-state index in [1.807, 2.05) is 6.07 Å². The van der Waals surface area contributed by atoms with Gasteiger partial charge in [-0.15, -0.1) is 0 Å². The van der Waals surface area contributed by atoms with E-state index in [0.29, 0.717) is 18.0 Å². The molecule has 0 N–H and O–H groups in total. The van der Waals surface area contributed by atoms with E-state index in [-0.39, 0.29) is 22.9 Å². The van der Waals surface area contributed by atoms with Crippen LogP contribution in [0, 0.1) is 5.82 Å². The van der Waals surface area contributed by atoms with Crippen molar-refractivity contribution in [2.75, 3.05) is 21.3 Å². The summed E-state index contributed by atoms with van der Waals surface area (Å²) >= 11 is 5.97. The Morgan fingerprint density at radius 1 is 1.21 bits per heavy atom. The summed E-state index contributed by atoms with van der Waals surface area (Å²) in [7, 11) is 4.78. The Hall–Kier alpha value is -2.27. The summed E-state index contributed by atoms with van der Waals surface area (Å²) < 4.78 is 24.3. The molecule has 0 saturated carbocycles. The van der Waals surface area contributed by atoms with Gasteiger partial charge in [-0.2, -0.15) is 0 Å². The van der Waals surface area contributed by atoms with Crippen LogP contribution in [0.3, 0.4) is 0 Å². The van der Waals surface area contributed by atoms with Gasteiger partial charge in [0.2, 0.25) is 5.91 Å². The number of hydrogen-bond donors (Lipinski definition) is 0. The average Bonchev–Trinajstić information content (AvgIpc) is 2.58.